The van der Waals surface area contributed by atoms with Crippen LogP contribution in [0.3, 0.4) is 0 Å². The van der Waals surface area contributed by atoms with Crippen LogP contribution in [0.2, 0.25) is 5.15 Å². The molecule has 1 rings (SSSR count). The molecule has 1 aromatic heterocycles. The molecule has 0 aliphatic rings. The third-order valence-corrected chi connectivity index (χ3v) is 1.09. The van der Waals surface area contributed by atoms with Crippen molar-refractivity contribution in [2.45, 2.75) is 0 Å². The third kappa shape index (κ3) is 1.95. The fourth-order valence-electron chi connectivity index (χ4n) is 0.557. The van der Waals surface area contributed by atoms with Crippen molar-refractivity contribution in [3.8, 4) is 6.19 Å². The van der Waals surface area contributed by atoms with E-state index in [9.17, 15) is 0 Å². The molecule has 6 heteroatoms. The van der Waals surface area contributed by atoms with Gasteiger partial charge < -0.3 is 5.73 Å². The van der Waals surface area contributed by atoms with E-state index in [1.807, 2.05) is 0 Å². The second-order valence-electron chi connectivity index (χ2n) is 1.67. The van der Waals surface area contributed by atoms with Gasteiger partial charge in [0.15, 0.2) is 6.19 Å². The highest BCUT2D eigenvalue weighted by Crippen LogP contribution is 2.11. The predicted octanol–water partition coefficient (Wildman–Crippen LogP) is 0.605. The summed E-state index contributed by atoms with van der Waals surface area (Å²) in [5.41, 5.74) is 5.23. The van der Waals surface area contributed by atoms with Crippen LogP contribution < -0.4 is 11.1 Å². The molecule has 0 aromatic carbocycles. The van der Waals surface area contributed by atoms with Gasteiger partial charge in [-0.15, -0.1) is 0 Å². The van der Waals surface area contributed by atoms with Crippen molar-refractivity contribution < 1.29 is 0 Å². The van der Waals surface area contributed by atoms with Crippen molar-refractivity contribution in [2.75, 3.05) is 11.1 Å². The Labute approximate surface area is 67.8 Å². The molecule has 0 bridgehead atoms. The Kier molecular flexibility index (Phi) is 2.09. The summed E-state index contributed by atoms with van der Waals surface area (Å²) >= 11 is 5.51. The number of nitrogen functional groups attached to an aromatic ring is 1. The predicted molar refractivity (Wildman–Crippen MR) is 40.7 cm³/mol. The minimum absolute atomic E-state index is 0.0373. The minimum Gasteiger partial charge on any atom is -0.368 e. The van der Waals surface area contributed by atoms with Gasteiger partial charge in [-0.25, -0.2) is 4.98 Å². The zero-order chi connectivity index (χ0) is 8.27. The molecule has 1 heterocycles. The van der Waals surface area contributed by atoms with Gasteiger partial charge >= 0.3 is 0 Å². The van der Waals surface area contributed by atoms with E-state index in [4.69, 9.17) is 22.6 Å². The quantitative estimate of drug-likeness (QED) is 0.365. The van der Waals surface area contributed by atoms with E-state index in [2.05, 4.69) is 15.3 Å². The zero-order valence-electron chi connectivity index (χ0n) is 5.37. The van der Waals surface area contributed by atoms with Crippen molar-refractivity contribution in [2.24, 2.45) is 0 Å². The largest absolute Gasteiger partial charge is 0.368 e. The third-order valence-electron chi connectivity index (χ3n) is 0.896. The van der Waals surface area contributed by atoms with E-state index in [1.165, 1.54) is 6.07 Å². The summed E-state index contributed by atoms with van der Waals surface area (Å²) in [4.78, 5) is 7.27. The smallest absolute Gasteiger partial charge is 0.223 e. The molecule has 11 heavy (non-hydrogen) atoms. The lowest BCUT2D eigenvalue weighted by molar-refractivity contribution is 1.18. The average molecular weight is 170 g/mol. The van der Waals surface area contributed by atoms with E-state index >= 15 is 0 Å². The number of rotatable bonds is 1. The van der Waals surface area contributed by atoms with Crippen molar-refractivity contribution in [3.63, 3.8) is 0 Å². The number of hydrogen-bond acceptors (Lipinski definition) is 5. The molecule has 5 nitrogen and oxygen atoms in total. The Balaban J connectivity index is 3.01. The molecule has 0 aliphatic heterocycles. The monoisotopic (exact) mass is 169 g/mol. The first-order valence-electron chi connectivity index (χ1n) is 2.67. The first-order chi connectivity index (χ1) is 5.22. The Morgan fingerprint density at radius 3 is 2.91 bits per heavy atom. The summed E-state index contributed by atoms with van der Waals surface area (Å²) in [5, 5.41) is 10.7. The van der Waals surface area contributed by atoms with E-state index in [-0.39, 0.29) is 11.1 Å². The van der Waals surface area contributed by atoms with E-state index in [0.717, 1.165) is 0 Å². The number of hydrogen-bond donors (Lipinski definition) is 2. The zero-order valence-corrected chi connectivity index (χ0v) is 6.13. The van der Waals surface area contributed by atoms with Gasteiger partial charge in [0.1, 0.15) is 11.0 Å². The standard InChI is InChI=1S/C5H4ClN5/c6-3-1-4(9-2-7)11-5(8)10-3/h1H,(H3,8,9,10,11). The summed E-state index contributed by atoms with van der Waals surface area (Å²) in [5.74, 6) is 0.334. The molecule has 0 atom stereocenters. The van der Waals surface area contributed by atoms with Gasteiger partial charge in [0.2, 0.25) is 5.95 Å². The maximum atomic E-state index is 8.20. The molecule has 56 valence electrons. The SMILES string of the molecule is N#CNc1cc(Cl)nc(N)n1. The molecule has 3 N–H and O–H groups in total. The topological polar surface area (TPSA) is 87.6 Å². The fraction of sp³-hybridized carbons (Fsp3) is 0. The number of nitrogens with zero attached hydrogens (tertiary/aromatic N) is 3. The maximum absolute atomic E-state index is 8.20. The highest BCUT2D eigenvalue weighted by atomic mass is 35.5. The lowest BCUT2D eigenvalue weighted by Crippen LogP contribution is -1.98. The van der Waals surface area contributed by atoms with Crippen LogP contribution >= 0.6 is 11.6 Å². The van der Waals surface area contributed by atoms with E-state index in [0.29, 0.717) is 5.82 Å². The number of halogens is 1. The molecular formula is C5H4ClN5. The Hall–Kier alpha value is -1.54. The van der Waals surface area contributed by atoms with E-state index < -0.39 is 0 Å². The van der Waals surface area contributed by atoms with Gasteiger partial charge in [-0.2, -0.15) is 10.2 Å². The highest BCUT2D eigenvalue weighted by molar-refractivity contribution is 6.29. The average Bonchev–Trinajstić information content (AvgIpc) is 1.85. The lowest BCUT2D eigenvalue weighted by Gasteiger charge is -1.97. The number of aromatic nitrogens is 2. The van der Waals surface area contributed by atoms with Gasteiger partial charge in [-0.1, -0.05) is 11.6 Å². The molecule has 0 spiro atoms. The molecule has 0 saturated heterocycles. The van der Waals surface area contributed by atoms with Crippen molar-refractivity contribution in [1.82, 2.24) is 9.97 Å². The van der Waals surface area contributed by atoms with Gasteiger partial charge in [0.25, 0.3) is 0 Å². The molecule has 0 unspecified atom stereocenters. The van der Waals surface area contributed by atoms with Crippen LogP contribution in [-0.4, -0.2) is 9.97 Å². The Bertz CT molecular complexity index is 284. The molecule has 1 aromatic rings. The summed E-state index contributed by atoms with van der Waals surface area (Å²) in [7, 11) is 0. The number of nitrogens with two attached hydrogens (primary N) is 1. The summed E-state index contributed by atoms with van der Waals surface area (Å²) in [6.45, 7) is 0. The Morgan fingerprint density at radius 1 is 1.64 bits per heavy atom. The summed E-state index contributed by atoms with van der Waals surface area (Å²) in [6.07, 6.45) is 1.68. The highest BCUT2D eigenvalue weighted by Gasteiger charge is 1.97. The van der Waals surface area contributed by atoms with Crippen LogP contribution in [0, 0.1) is 11.5 Å². The molecule has 0 fully saturated rings. The molecule has 0 amide bonds. The van der Waals surface area contributed by atoms with Crippen LogP contribution in [-0.2, 0) is 0 Å². The minimum atomic E-state index is 0.0373. The molecule has 0 radical (unpaired) electrons. The first-order valence-corrected chi connectivity index (χ1v) is 3.05. The van der Waals surface area contributed by atoms with Gasteiger partial charge in [0, 0.05) is 6.07 Å². The van der Waals surface area contributed by atoms with Gasteiger partial charge in [0.05, 0.1) is 0 Å². The normalized spacial score (nSPS) is 8.73. The summed E-state index contributed by atoms with van der Waals surface area (Å²) in [6, 6.07) is 1.40. The number of anilines is 2. The summed E-state index contributed by atoms with van der Waals surface area (Å²) < 4.78 is 0. The first kappa shape index (κ1) is 7.57. The lowest BCUT2D eigenvalue weighted by atomic mass is 10.6. The van der Waals surface area contributed by atoms with E-state index in [1.54, 1.807) is 6.19 Å². The fourth-order valence-corrected chi connectivity index (χ4v) is 0.746. The van der Waals surface area contributed by atoms with Crippen LogP contribution in [0.15, 0.2) is 6.07 Å². The Morgan fingerprint density at radius 2 is 2.36 bits per heavy atom. The second kappa shape index (κ2) is 3.03. The van der Waals surface area contributed by atoms with Crippen LogP contribution in [0.5, 0.6) is 0 Å². The maximum Gasteiger partial charge on any atom is 0.223 e. The van der Waals surface area contributed by atoms with Crippen molar-refractivity contribution in [1.29, 1.82) is 5.26 Å². The van der Waals surface area contributed by atoms with Crippen molar-refractivity contribution >= 4 is 23.4 Å². The molecule has 0 aliphatic carbocycles. The van der Waals surface area contributed by atoms with Gasteiger partial charge in [-0.05, 0) is 0 Å². The molecule has 0 saturated carbocycles. The van der Waals surface area contributed by atoms with Gasteiger partial charge in [-0.3, -0.25) is 5.32 Å². The van der Waals surface area contributed by atoms with Crippen LogP contribution in [0.1, 0.15) is 0 Å². The second-order valence-corrected chi connectivity index (χ2v) is 2.06. The van der Waals surface area contributed by atoms with Crippen LogP contribution in [0.25, 0.3) is 0 Å². The molecular weight excluding hydrogens is 166 g/mol. The number of nitriles is 1. The van der Waals surface area contributed by atoms with Crippen LogP contribution in [0.4, 0.5) is 11.8 Å². The van der Waals surface area contributed by atoms with Crippen molar-refractivity contribution in [3.05, 3.63) is 11.2 Å². The number of nitrogens with one attached hydrogen (secondary N) is 1.